The summed E-state index contributed by atoms with van der Waals surface area (Å²) in [6.45, 7) is 5.84. The smallest absolute Gasteiger partial charge is 0.320 e. The van der Waals surface area contributed by atoms with Gasteiger partial charge in [-0.05, 0) is 54.2 Å². The van der Waals surface area contributed by atoms with Gasteiger partial charge < -0.3 is 15.7 Å². The van der Waals surface area contributed by atoms with Gasteiger partial charge in [0.25, 0.3) is 5.91 Å². The molecule has 0 fully saturated rings. The predicted molar refractivity (Wildman–Crippen MR) is 132 cm³/mol. The number of halogens is 1. The van der Waals surface area contributed by atoms with E-state index in [9.17, 15) is 14.7 Å². The molecule has 0 radical (unpaired) electrons. The fraction of sp³-hybridized carbons (Fsp3) is 0.320. The number of aliphatic hydroxyl groups excluding tert-OH is 1. The van der Waals surface area contributed by atoms with Crippen molar-refractivity contribution in [1.29, 1.82) is 0 Å². The van der Waals surface area contributed by atoms with Crippen LogP contribution in [-0.4, -0.2) is 40.0 Å². The van der Waals surface area contributed by atoms with Crippen molar-refractivity contribution in [2.45, 2.75) is 44.8 Å². The van der Waals surface area contributed by atoms with Crippen LogP contribution in [0.15, 0.2) is 48.5 Å². The maximum Gasteiger partial charge on any atom is 0.320 e. The van der Waals surface area contributed by atoms with Crippen molar-refractivity contribution in [1.82, 2.24) is 20.4 Å². The number of hydrogen-bond donors (Lipinski definition) is 4. The molecule has 9 heteroatoms. The highest BCUT2D eigenvalue weighted by Gasteiger charge is 2.39. The molecule has 1 aliphatic carbocycles. The number of hydrogen-bond acceptors (Lipinski definition) is 4. The van der Waals surface area contributed by atoms with E-state index in [1.165, 1.54) is 11.7 Å². The number of nitrogens with zero attached hydrogens (tertiary/aromatic N) is 2. The maximum atomic E-state index is 13.2. The van der Waals surface area contributed by atoms with Crippen LogP contribution in [-0.2, 0) is 5.41 Å². The van der Waals surface area contributed by atoms with Crippen molar-refractivity contribution < 1.29 is 14.7 Å². The summed E-state index contributed by atoms with van der Waals surface area (Å²) in [5.41, 5.74) is 2.96. The molecule has 0 aliphatic heterocycles. The molecule has 178 valence electrons. The van der Waals surface area contributed by atoms with Crippen LogP contribution < -0.4 is 16.0 Å². The van der Waals surface area contributed by atoms with E-state index in [1.807, 2.05) is 42.5 Å². The number of carbonyl (C=O) groups is 2. The van der Waals surface area contributed by atoms with E-state index in [0.29, 0.717) is 28.5 Å². The van der Waals surface area contributed by atoms with Gasteiger partial charge >= 0.3 is 6.03 Å². The van der Waals surface area contributed by atoms with Gasteiger partial charge in [-0.15, -0.1) is 0 Å². The van der Waals surface area contributed by atoms with Gasteiger partial charge in [0.15, 0.2) is 5.69 Å². The van der Waals surface area contributed by atoms with Crippen LogP contribution in [0.2, 0.25) is 5.02 Å². The first kappa shape index (κ1) is 23.8. The highest BCUT2D eigenvalue weighted by Crippen LogP contribution is 2.42. The Morgan fingerprint density at radius 2 is 1.88 bits per heavy atom. The number of rotatable bonds is 4. The number of fused-ring (bicyclic) bond motifs is 1. The second-order valence-corrected chi connectivity index (χ2v) is 9.55. The lowest BCUT2D eigenvalue weighted by atomic mass is 9.69. The van der Waals surface area contributed by atoms with Crippen LogP contribution in [0.1, 0.15) is 53.5 Å². The molecule has 2 atom stereocenters. The van der Waals surface area contributed by atoms with Crippen molar-refractivity contribution in [3.05, 3.63) is 75.9 Å². The Morgan fingerprint density at radius 3 is 2.56 bits per heavy atom. The monoisotopic (exact) mass is 481 g/mol. The summed E-state index contributed by atoms with van der Waals surface area (Å²) in [6.07, 6.45) is -0.317. The lowest BCUT2D eigenvalue weighted by molar-refractivity contribution is 0.0883. The first-order valence-electron chi connectivity index (χ1n) is 11.0. The lowest BCUT2D eigenvalue weighted by Crippen LogP contribution is -2.45. The number of benzene rings is 2. The zero-order chi connectivity index (χ0) is 24.6. The molecule has 3 aromatic rings. The summed E-state index contributed by atoms with van der Waals surface area (Å²) in [4.78, 5) is 25.5. The third kappa shape index (κ3) is 4.38. The summed E-state index contributed by atoms with van der Waals surface area (Å²) >= 11 is 6.25. The van der Waals surface area contributed by atoms with Gasteiger partial charge in [0, 0.05) is 17.6 Å². The Labute approximate surface area is 203 Å². The molecule has 0 bridgehead atoms. The Kier molecular flexibility index (Phi) is 6.38. The quantitative estimate of drug-likeness (QED) is 0.450. The van der Waals surface area contributed by atoms with Gasteiger partial charge in [-0.1, -0.05) is 49.7 Å². The number of carbonyl (C=O) groups excluding carboxylic acids is 2. The Balaban J connectivity index is 1.67. The maximum absolute atomic E-state index is 13.2. The van der Waals surface area contributed by atoms with Crippen molar-refractivity contribution in [3.63, 3.8) is 0 Å². The van der Waals surface area contributed by atoms with Gasteiger partial charge in [-0.2, -0.15) is 5.10 Å². The number of nitrogens with one attached hydrogen (secondary N) is 3. The molecule has 1 heterocycles. The Morgan fingerprint density at radius 1 is 1.18 bits per heavy atom. The normalized spacial score (nSPS) is 18.6. The summed E-state index contributed by atoms with van der Waals surface area (Å²) in [7, 11) is 1.53. The highest BCUT2D eigenvalue weighted by atomic mass is 35.5. The molecular weight excluding hydrogens is 454 g/mol. The molecule has 34 heavy (non-hydrogen) atoms. The highest BCUT2D eigenvalue weighted by molar-refractivity contribution is 6.30. The zero-order valence-corrected chi connectivity index (χ0v) is 20.3. The molecular formula is C25H28ClN5O3. The zero-order valence-electron chi connectivity index (χ0n) is 19.5. The van der Waals surface area contributed by atoms with E-state index < -0.39 is 18.2 Å². The van der Waals surface area contributed by atoms with E-state index in [2.05, 4.69) is 34.9 Å². The van der Waals surface area contributed by atoms with Crippen LogP contribution in [0.3, 0.4) is 0 Å². The number of amides is 3. The topological polar surface area (TPSA) is 108 Å². The molecule has 8 nitrogen and oxygen atoms in total. The van der Waals surface area contributed by atoms with E-state index >= 15 is 0 Å². The molecule has 1 aromatic heterocycles. The third-order valence-corrected chi connectivity index (χ3v) is 6.50. The van der Waals surface area contributed by atoms with Crippen molar-refractivity contribution in [2.75, 3.05) is 12.4 Å². The average molecular weight is 482 g/mol. The Hall–Kier alpha value is -3.36. The van der Waals surface area contributed by atoms with E-state index in [4.69, 9.17) is 11.6 Å². The van der Waals surface area contributed by atoms with Crippen molar-refractivity contribution in [3.8, 4) is 5.69 Å². The van der Waals surface area contributed by atoms with Crippen molar-refractivity contribution >= 4 is 29.4 Å². The van der Waals surface area contributed by atoms with Gasteiger partial charge in [0.2, 0.25) is 0 Å². The molecule has 0 spiro atoms. The van der Waals surface area contributed by atoms with Crippen LogP contribution in [0.25, 0.3) is 5.69 Å². The SMILES string of the molecule is CNC(=O)c1nn(-c2ccccc2)c(NC(=O)N[C@@H]2c3cc(Cl)ccc3C(C)(C)C[C@H]2O)c1C. The van der Waals surface area contributed by atoms with Crippen LogP contribution in [0.4, 0.5) is 10.6 Å². The molecule has 4 rings (SSSR count). The molecule has 4 N–H and O–H groups in total. The minimum absolute atomic E-state index is 0.207. The van der Waals surface area contributed by atoms with Crippen molar-refractivity contribution in [2.24, 2.45) is 0 Å². The Bertz CT molecular complexity index is 1240. The largest absolute Gasteiger partial charge is 0.391 e. The molecule has 0 saturated heterocycles. The first-order chi connectivity index (χ1) is 16.1. The second-order valence-electron chi connectivity index (χ2n) is 9.11. The fourth-order valence-electron chi connectivity index (χ4n) is 4.56. The molecule has 1 aliphatic rings. The number of aromatic nitrogens is 2. The van der Waals surface area contributed by atoms with E-state index in [1.54, 1.807) is 13.0 Å². The molecule has 2 aromatic carbocycles. The number of para-hydroxylation sites is 1. The summed E-state index contributed by atoms with van der Waals surface area (Å²) in [5.74, 6) is 0.00314. The van der Waals surface area contributed by atoms with Crippen LogP contribution >= 0.6 is 11.6 Å². The van der Waals surface area contributed by atoms with Gasteiger partial charge in [0.1, 0.15) is 5.82 Å². The minimum Gasteiger partial charge on any atom is -0.391 e. The summed E-state index contributed by atoms with van der Waals surface area (Å²) < 4.78 is 1.52. The van der Waals surface area contributed by atoms with Crippen LogP contribution in [0.5, 0.6) is 0 Å². The van der Waals surface area contributed by atoms with Gasteiger partial charge in [0.05, 0.1) is 17.8 Å². The fourth-order valence-corrected chi connectivity index (χ4v) is 4.74. The second kappa shape index (κ2) is 9.12. The van der Waals surface area contributed by atoms with E-state index in [0.717, 1.165) is 11.1 Å². The van der Waals surface area contributed by atoms with Gasteiger partial charge in [-0.25, -0.2) is 9.48 Å². The molecule has 0 unspecified atom stereocenters. The third-order valence-electron chi connectivity index (χ3n) is 6.27. The summed E-state index contributed by atoms with van der Waals surface area (Å²) in [5, 5.41) is 24.2. The standard InChI is InChI=1S/C25H28ClN5O3/c1-14-20(23(33)27-4)30-31(16-8-6-5-7-9-16)22(14)29-24(34)28-21-17-12-15(26)10-11-18(17)25(2,3)13-19(21)32/h5-12,19,21,32H,13H2,1-4H3,(H,27,33)(H2,28,29,34)/t19-,21-/m1/s1. The number of aliphatic hydroxyl groups is 1. The first-order valence-corrected chi connectivity index (χ1v) is 11.4. The predicted octanol–water partition coefficient (Wildman–Crippen LogP) is 4.10. The molecule has 3 amide bonds. The van der Waals surface area contributed by atoms with Gasteiger partial charge in [-0.3, -0.25) is 10.1 Å². The number of anilines is 1. The lowest BCUT2D eigenvalue weighted by Gasteiger charge is -2.40. The average Bonchev–Trinajstić information content (AvgIpc) is 3.12. The minimum atomic E-state index is -0.798. The van der Waals surface area contributed by atoms with E-state index in [-0.39, 0.29) is 17.0 Å². The van der Waals surface area contributed by atoms with Crippen LogP contribution in [0, 0.1) is 6.92 Å². The number of urea groups is 1. The molecule has 0 saturated carbocycles. The summed E-state index contributed by atoms with van der Waals surface area (Å²) in [6, 6.07) is 13.6.